The lowest BCUT2D eigenvalue weighted by Crippen LogP contribution is -2.30. The molecule has 1 fully saturated rings. The first-order valence-electron chi connectivity index (χ1n) is 7.59. The van der Waals surface area contributed by atoms with E-state index < -0.39 is 0 Å². The van der Waals surface area contributed by atoms with Crippen LogP contribution in [-0.4, -0.2) is 53.3 Å². The minimum absolute atomic E-state index is 0.0419. The summed E-state index contributed by atoms with van der Waals surface area (Å²) in [6.07, 6.45) is 0.927. The van der Waals surface area contributed by atoms with E-state index in [4.69, 9.17) is 10.5 Å². The normalized spacial score (nSPS) is 17.7. The van der Waals surface area contributed by atoms with Gasteiger partial charge in [0.1, 0.15) is 5.69 Å². The first kappa shape index (κ1) is 16.2. The second-order valence-electron chi connectivity index (χ2n) is 5.50. The Labute approximate surface area is 143 Å². The second kappa shape index (κ2) is 7.25. The first-order valence-corrected chi connectivity index (χ1v) is 8.39. The topological polar surface area (TPSA) is 84.2 Å². The Morgan fingerprint density at radius 1 is 1.43 bits per heavy atom. The zero-order chi connectivity index (χ0) is 16.2. The Bertz CT molecular complexity index is 671. The molecule has 0 saturated carbocycles. The molecule has 23 heavy (non-hydrogen) atoms. The minimum Gasteiger partial charge on any atom is -0.375 e. The molecule has 2 heterocycles. The molecular weight excluding hydrogens is 360 g/mol. The van der Waals surface area contributed by atoms with Crippen molar-refractivity contribution in [2.45, 2.75) is 12.5 Å². The highest BCUT2D eigenvalue weighted by Gasteiger charge is 2.28. The molecular formula is C16H19BrN4O2. The van der Waals surface area contributed by atoms with Crippen molar-refractivity contribution >= 4 is 21.8 Å². The van der Waals surface area contributed by atoms with E-state index in [9.17, 15) is 4.79 Å². The Balaban J connectivity index is 1.66. The molecule has 122 valence electrons. The third-order valence-corrected chi connectivity index (χ3v) is 4.38. The molecule has 2 aromatic rings. The average Bonchev–Trinajstić information content (AvgIpc) is 3.22. The highest BCUT2D eigenvalue weighted by molar-refractivity contribution is 9.10. The van der Waals surface area contributed by atoms with Gasteiger partial charge in [0.25, 0.3) is 5.91 Å². The van der Waals surface area contributed by atoms with Crippen molar-refractivity contribution in [2.75, 3.05) is 26.2 Å². The Morgan fingerprint density at radius 2 is 2.22 bits per heavy atom. The summed E-state index contributed by atoms with van der Waals surface area (Å²) in [5, 5.41) is 7.08. The van der Waals surface area contributed by atoms with Crippen molar-refractivity contribution in [3.05, 3.63) is 40.5 Å². The van der Waals surface area contributed by atoms with Crippen molar-refractivity contribution in [3.63, 3.8) is 0 Å². The number of nitrogens with zero attached hydrogens (tertiary/aromatic N) is 2. The number of nitrogens with two attached hydrogens (primary N) is 1. The maximum Gasteiger partial charge on any atom is 0.271 e. The van der Waals surface area contributed by atoms with Crippen LogP contribution in [0.2, 0.25) is 0 Å². The summed E-state index contributed by atoms with van der Waals surface area (Å²) in [6, 6.07) is 9.61. The lowest BCUT2D eigenvalue weighted by molar-refractivity contribution is 0.0571. The largest absolute Gasteiger partial charge is 0.375 e. The molecule has 1 amide bonds. The number of nitrogens with one attached hydrogen (secondary N) is 1. The second-order valence-corrected chi connectivity index (χ2v) is 6.41. The molecule has 0 aliphatic carbocycles. The van der Waals surface area contributed by atoms with E-state index >= 15 is 0 Å². The van der Waals surface area contributed by atoms with Gasteiger partial charge in [-0.1, -0.05) is 28.1 Å². The van der Waals surface area contributed by atoms with Gasteiger partial charge in [-0.3, -0.25) is 9.89 Å². The molecule has 1 saturated heterocycles. The van der Waals surface area contributed by atoms with Gasteiger partial charge < -0.3 is 15.4 Å². The van der Waals surface area contributed by atoms with Crippen LogP contribution < -0.4 is 5.73 Å². The fourth-order valence-corrected chi connectivity index (χ4v) is 2.92. The third-order valence-electron chi connectivity index (χ3n) is 3.85. The number of ether oxygens (including phenoxy) is 1. The standard InChI is InChI=1S/C16H19BrN4O2/c17-12-3-1-11(2-4-12)14-9-15(20-19-14)16(22)21-7-5-13(10-21)23-8-6-18/h1-4,9,13H,5-8,10,18H2,(H,19,20). The number of likely N-dealkylation sites (tertiary alicyclic amines) is 1. The summed E-state index contributed by atoms with van der Waals surface area (Å²) in [6.45, 7) is 2.33. The van der Waals surface area contributed by atoms with Gasteiger partial charge >= 0.3 is 0 Å². The fraction of sp³-hybridized carbons (Fsp3) is 0.375. The van der Waals surface area contributed by atoms with Crippen LogP contribution in [0.4, 0.5) is 0 Å². The van der Waals surface area contributed by atoms with E-state index in [2.05, 4.69) is 26.1 Å². The summed E-state index contributed by atoms with van der Waals surface area (Å²) in [5.41, 5.74) is 7.67. The molecule has 0 spiro atoms. The van der Waals surface area contributed by atoms with E-state index in [1.54, 1.807) is 11.0 Å². The molecule has 0 radical (unpaired) electrons. The van der Waals surface area contributed by atoms with E-state index in [-0.39, 0.29) is 12.0 Å². The number of H-pyrrole nitrogens is 1. The van der Waals surface area contributed by atoms with Gasteiger partial charge in [-0.2, -0.15) is 5.10 Å². The number of rotatable bonds is 5. The molecule has 1 unspecified atom stereocenters. The molecule has 3 rings (SSSR count). The molecule has 3 N–H and O–H groups in total. The predicted octanol–water partition coefficient (Wildman–Crippen LogP) is 2.03. The Morgan fingerprint density at radius 3 is 2.96 bits per heavy atom. The van der Waals surface area contributed by atoms with Crippen LogP contribution in [0.3, 0.4) is 0 Å². The molecule has 1 aromatic carbocycles. The van der Waals surface area contributed by atoms with Gasteiger partial charge in [-0.05, 0) is 24.6 Å². The summed E-state index contributed by atoms with van der Waals surface area (Å²) in [4.78, 5) is 14.3. The maximum absolute atomic E-state index is 12.5. The minimum atomic E-state index is -0.0419. The predicted molar refractivity (Wildman–Crippen MR) is 91.0 cm³/mol. The summed E-state index contributed by atoms with van der Waals surface area (Å²) < 4.78 is 6.61. The molecule has 6 nitrogen and oxygen atoms in total. The number of aromatic nitrogens is 2. The van der Waals surface area contributed by atoms with Crippen molar-refractivity contribution in [1.82, 2.24) is 15.1 Å². The number of halogens is 1. The van der Waals surface area contributed by atoms with Crippen LogP contribution in [0.1, 0.15) is 16.9 Å². The van der Waals surface area contributed by atoms with Crippen LogP contribution in [0.25, 0.3) is 11.3 Å². The lowest BCUT2D eigenvalue weighted by atomic mass is 10.1. The van der Waals surface area contributed by atoms with Crippen molar-refractivity contribution in [2.24, 2.45) is 5.73 Å². The Kier molecular flexibility index (Phi) is 5.09. The van der Waals surface area contributed by atoms with Gasteiger partial charge in [0.15, 0.2) is 0 Å². The number of carbonyl (C=O) groups is 1. The molecule has 7 heteroatoms. The Hall–Kier alpha value is -1.70. The van der Waals surface area contributed by atoms with Crippen molar-refractivity contribution in [1.29, 1.82) is 0 Å². The number of amides is 1. The van der Waals surface area contributed by atoms with Gasteiger partial charge in [0, 0.05) is 29.7 Å². The zero-order valence-electron chi connectivity index (χ0n) is 12.7. The summed E-state index contributed by atoms with van der Waals surface area (Å²) in [7, 11) is 0. The highest BCUT2D eigenvalue weighted by Crippen LogP contribution is 2.22. The van der Waals surface area contributed by atoms with Crippen LogP contribution in [-0.2, 0) is 4.74 Å². The van der Waals surface area contributed by atoms with Crippen LogP contribution in [0, 0.1) is 0 Å². The van der Waals surface area contributed by atoms with Crippen molar-refractivity contribution < 1.29 is 9.53 Å². The zero-order valence-corrected chi connectivity index (χ0v) is 14.3. The van der Waals surface area contributed by atoms with Crippen LogP contribution in [0.5, 0.6) is 0 Å². The van der Waals surface area contributed by atoms with Gasteiger partial charge in [-0.15, -0.1) is 0 Å². The van der Waals surface area contributed by atoms with E-state index in [0.717, 1.165) is 22.2 Å². The van der Waals surface area contributed by atoms with Crippen LogP contribution >= 0.6 is 15.9 Å². The quantitative estimate of drug-likeness (QED) is 0.833. The number of aromatic amines is 1. The molecule has 0 bridgehead atoms. The lowest BCUT2D eigenvalue weighted by Gasteiger charge is -2.15. The first-order chi connectivity index (χ1) is 11.2. The summed E-state index contributed by atoms with van der Waals surface area (Å²) in [5.74, 6) is -0.0419. The molecule has 1 atom stereocenters. The molecule has 1 aliphatic rings. The number of hydrogen-bond acceptors (Lipinski definition) is 4. The molecule has 1 aromatic heterocycles. The molecule has 1 aliphatic heterocycles. The maximum atomic E-state index is 12.5. The monoisotopic (exact) mass is 378 g/mol. The van der Waals surface area contributed by atoms with Crippen molar-refractivity contribution in [3.8, 4) is 11.3 Å². The average molecular weight is 379 g/mol. The fourth-order valence-electron chi connectivity index (χ4n) is 2.65. The van der Waals surface area contributed by atoms with Gasteiger partial charge in [-0.25, -0.2) is 0 Å². The number of benzene rings is 1. The van der Waals surface area contributed by atoms with Crippen LogP contribution in [0.15, 0.2) is 34.8 Å². The number of hydrogen-bond donors (Lipinski definition) is 2. The summed E-state index contributed by atoms with van der Waals surface area (Å²) >= 11 is 3.41. The van der Waals surface area contributed by atoms with Gasteiger partial charge in [0.05, 0.1) is 18.4 Å². The smallest absolute Gasteiger partial charge is 0.271 e. The SMILES string of the molecule is NCCOC1CCN(C(=O)c2cc(-c3ccc(Br)cc3)n[nH]2)C1. The number of carbonyl (C=O) groups excluding carboxylic acids is 1. The highest BCUT2D eigenvalue weighted by atomic mass is 79.9. The van der Waals surface area contributed by atoms with Gasteiger partial charge in [0.2, 0.25) is 0 Å². The van der Waals surface area contributed by atoms with E-state index in [0.29, 0.717) is 31.9 Å². The third kappa shape index (κ3) is 3.80. The van der Waals surface area contributed by atoms with E-state index in [1.165, 1.54) is 0 Å². The van der Waals surface area contributed by atoms with E-state index in [1.807, 2.05) is 24.3 Å².